The fourth-order valence-electron chi connectivity index (χ4n) is 3.15. The molecule has 0 radical (unpaired) electrons. The summed E-state index contributed by atoms with van der Waals surface area (Å²) in [4.78, 5) is 14.6. The van der Waals surface area contributed by atoms with E-state index in [1.165, 1.54) is 38.5 Å². The van der Waals surface area contributed by atoms with Gasteiger partial charge in [0.1, 0.15) is 5.78 Å². The Morgan fingerprint density at radius 3 is 2.50 bits per heavy atom. The van der Waals surface area contributed by atoms with Crippen molar-refractivity contribution >= 4 is 5.78 Å². The molecule has 1 saturated heterocycles. The number of carbonyl (C=O) groups is 1. The molecule has 0 aromatic rings. The van der Waals surface area contributed by atoms with E-state index in [2.05, 4.69) is 11.8 Å². The lowest BCUT2D eigenvalue weighted by Gasteiger charge is -2.27. The SMILES string of the molecule is CC1CCCCCN1CC(=O)C1CCCC1. The first kappa shape index (κ1) is 12.1. The predicted molar refractivity (Wildman–Crippen MR) is 66.5 cm³/mol. The average Bonchev–Trinajstić information content (AvgIpc) is 2.73. The number of nitrogens with zero attached hydrogens (tertiary/aromatic N) is 1. The summed E-state index contributed by atoms with van der Waals surface area (Å²) in [6.45, 7) is 4.15. The van der Waals surface area contributed by atoms with Crippen molar-refractivity contribution in [3.05, 3.63) is 0 Å². The second kappa shape index (κ2) is 5.81. The molecule has 92 valence electrons. The van der Waals surface area contributed by atoms with Crippen LogP contribution >= 0.6 is 0 Å². The summed E-state index contributed by atoms with van der Waals surface area (Å²) in [6.07, 6.45) is 10.1. The van der Waals surface area contributed by atoms with Crippen LogP contribution in [0.1, 0.15) is 58.3 Å². The van der Waals surface area contributed by atoms with Crippen LogP contribution < -0.4 is 0 Å². The Morgan fingerprint density at radius 1 is 1.06 bits per heavy atom. The van der Waals surface area contributed by atoms with Crippen LogP contribution in [0.5, 0.6) is 0 Å². The standard InChI is InChI=1S/C14H25NO/c1-12-7-3-2-6-10-15(12)11-14(16)13-8-4-5-9-13/h12-13H,2-11H2,1H3. The van der Waals surface area contributed by atoms with Crippen molar-refractivity contribution in [2.45, 2.75) is 64.3 Å². The third kappa shape index (κ3) is 3.07. The molecule has 1 saturated carbocycles. The Hall–Kier alpha value is -0.370. The van der Waals surface area contributed by atoms with Crippen molar-refractivity contribution in [2.24, 2.45) is 5.92 Å². The fourth-order valence-corrected chi connectivity index (χ4v) is 3.15. The minimum atomic E-state index is 0.399. The van der Waals surface area contributed by atoms with Crippen LogP contribution in [0.2, 0.25) is 0 Å². The molecule has 2 nitrogen and oxygen atoms in total. The summed E-state index contributed by atoms with van der Waals surface area (Å²) in [6, 6.07) is 0.618. The molecule has 16 heavy (non-hydrogen) atoms. The van der Waals surface area contributed by atoms with E-state index in [1.54, 1.807) is 0 Å². The molecule has 0 aromatic heterocycles. The molecule has 2 fully saturated rings. The van der Waals surface area contributed by atoms with Crippen LogP contribution in [0.3, 0.4) is 0 Å². The highest BCUT2D eigenvalue weighted by molar-refractivity contribution is 5.83. The molecular formula is C14H25NO. The number of hydrogen-bond donors (Lipinski definition) is 0. The van der Waals surface area contributed by atoms with Crippen LogP contribution in [-0.2, 0) is 4.79 Å². The van der Waals surface area contributed by atoms with E-state index in [-0.39, 0.29) is 0 Å². The summed E-state index contributed by atoms with van der Waals surface area (Å²) in [5.74, 6) is 0.918. The zero-order valence-electron chi connectivity index (χ0n) is 10.6. The van der Waals surface area contributed by atoms with Gasteiger partial charge in [0, 0.05) is 12.0 Å². The zero-order valence-corrected chi connectivity index (χ0v) is 10.6. The Bertz CT molecular complexity index is 233. The smallest absolute Gasteiger partial charge is 0.149 e. The van der Waals surface area contributed by atoms with Gasteiger partial charge < -0.3 is 0 Å². The lowest BCUT2D eigenvalue weighted by atomic mass is 10.0. The largest absolute Gasteiger partial charge is 0.298 e. The van der Waals surface area contributed by atoms with E-state index < -0.39 is 0 Å². The fraction of sp³-hybridized carbons (Fsp3) is 0.929. The van der Waals surface area contributed by atoms with Gasteiger partial charge in [-0.2, -0.15) is 0 Å². The highest BCUT2D eigenvalue weighted by atomic mass is 16.1. The molecule has 2 heteroatoms. The van der Waals surface area contributed by atoms with Gasteiger partial charge in [-0.05, 0) is 39.2 Å². The summed E-state index contributed by atoms with van der Waals surface area (Å²) >= 11 is 0. The van der Waals surface area contributed by atoms with E-state index in [4.69, 9.17) is 0 Å². The number of rotatable bonds is 3. The third-order valence-corrected chi connectivity index (χ3v) is 4.36. The van der Waals surface area contributed by atoms with Gasteiger partial charge in [-0.15, -0.1) is 0 Å². The molecule has 0 N–H and O–H groups in total. The topological polar surface area (TPSA) is 20.3 Å². The summed E-state index contributed by atoms with van der Waals surface area (Å²) in [5, 5.41) is 0. The van der Waals surface area contributed by atoms with Crippen molar-refractivity contribution < 1.29 is 4.79 Å². The van der Waals surface area contributed by atoms with Crippen LogP contribution in [0.25, 0.3) is 0 Å². The molecule has 1 unspecified atom stereocenters. The van der Waals surface area contributed by atoms with E-state index in [0.717, 1.165) is 25.9 Å². The van der Waals surface area contributed by atoms with Crippen LogP contribution in [0, 0.1) is 5.92 Å². The molecule has 0 amide bonds. The van der Waals surface area contributed by atoms with E-state index in [0.29, 0.717) is 17.7 Å². The van der Waals surface area contributed by atoms with Crippen LogP contribution in [0.15, 0.2) is 0 Å². The molecule has 2 rings (SSSR count). The number of carbonyl (C=O) groups excluding carboxylic acids is 1. The first-order chi connectivity index (χ1) is 7.77. The van der Waals surface area contributed by atoms with Gasteiger partial charge in [-0.3, -0.25) is 9.69 Å². The predicted octanol–water partition coefficient (Wildman–Crippen LogP) is 3.01. The van der Waals surface area contributed by atoms with Crippen molar-refractivity contribution in [1.82, 2.24) is 4.90 Å². The number of likely N-dealkylation sites (tertiary alicyclic amines) is 1. The van der Waals surface area contributed by atoms with Gasteiger partial charge in [0.05, 0.1) is 6.54 Å². The molecule has 0 bridgehead atoms. The Balaban J connectivity index is 1.84. The van der Waals surface area contributed by atoms with Gasteiger partial charge >= 0.3 is 0 Å². The molecule has 0 spiro atoms. The summed E-state index contributed by atoms with van der Waals surface area (Å²) < 4.78 is 0. The molecular weight excluding hydrogens is 198 g/mol. The highest BCUT2D eigenvalue weighted by Gasteiger charge is 2.26. The first-order valence-electron chi connectivity index (χ1n) is 7.04. The first-order valence-corrected chi connectivity index (χ1v) is 7.04. The highest BCUT2D eigenvalue weighted by Crippen LogP contribution is 2.26. The summed E-state index contributed by atoms with van der Waals surface area (Å²) in [7, 11) is 0. The molecule has 1 aliphatic carbocycles. The van der Waals surface area contributed by atoms with Crippen molar-refractivity contribution in [3.8, 4) is 0 Å². The van der Waals surface area contributed by atoms with Crippen molar-refractivity contribution in [2.75, 3.05) is 13.1 Å². The minimum absolute atomic E-state index is 0.399. The van der Waals surface area contributed by atoms with Crippen molar-refractivity contribution in [1.29, 1.82) is 0 Å². The quantitative estimate of drug-likeness (QED) is 0.733. The van der Waals surface area contributed by atoms with E-state index >= 15 is 0 Å². The monoisotopic (exact) mass is 223 g/mol. The van der Waals surface area contributed by atoms with Gasteiger partial charge in [-0.1, -0.05) is 25.7 Å². The Kier molecular flexibility index (Phi) is 4.39. The van der Waals surface area contributed by atoms with Gasteiger partial charge in [0.25, 0.3) is 0 Å². The number of ketones is 1. The maximum atomic E-state index is 12.1. The lowest BCUT2D eigenvalue weighted by Crippen LogP contribution is -2.38. The molecule has 0 aromatic carbocycles. The maximum absolute atomic E-state index is 12.1. The van der Waals surface area contributed by atoms with Gasteiger partial charge in [0.15, 0.2) is 0 Å². The third-order valence-electron chi connectivity index (χ3n) is 4.36. The lowest BCUT2D eigenvalue weighted by molar-refractivity contribution is -0.124. The van der Waals surface area contributed by atoms with Crippen molar-refractivity contribution in [3.63, 3.8) is 0 Å². The second-order valence-corrected chi connectivity index (χ2v) is 5.62. The van der Waals surface area contributed by atoms with E-state index in [1.807, 2.05) is 0 Å². The Morgan fingerprint density at radius 2 is 1.75 bits per heavy atom. The van der Waals surface area contributed by atoms with Crippen LogP contribution in [-0.4, -0.2) is 29.8 Å². The molecule has 1 aliphatic heterocycles. The normalized spacial score (nSPS) is 29.2. The minimum Gasteiger partial charge on any atom is -0.298 e. The summed E-state index contributed by atoms with van der Waals surface area (Å²) in [5.41, 5.74) is 0. The average molecular weight is 223 g/mol. The Labute approximate surface area is 99.4 Å². The van der Waals surface area contributed by atoms with Gasteiger partial charge in [-0.25, -0.2) is 0 Å². The van der Waals surface area contributed by atoms with E-state index in [9.17, 15) is 4.79 Å². The molecule has 2 aliphatic rings. The van der Waals surface area contributed by atoms with Crippen LogP contribution in [0.4, 0.5) is 0 Å². The number of Topliss-reactive ketones (excluding diaryl/α,β-unsaturated/α-hetero) is 1. The molecule has 1 atom stereocenters. The second-order valence-electron chi connectivity index (χ2n) is 5.62. The molecule has 1 heterocycles. The maximum Gasteiger partial charge on any atom is 0.149 e. The van der Waals surface area contributed by atoms with Gasteiger partial charge in [0.2, 0.25) is 0 Å². The number of hydrogen-bond acceptors (Lipinski definition) is 2. The zero-order chi connectivity index (χ0) is 11.4.